The molecule has 1 aromatic carbocycles. The third kappa shape index (κ3) is 3.36. The number of hydrogen-bond acceptors (Lipinski definition) is 3. The van der Waals surface area contributed by atoms with Crippen molar-refractivity contribution in [3.05, 3.63) is 47.7 Å². The van der Waals surface area contributed by atoms with Gasteiger partial charge in [0.15, 0.2) is 0 Å². The van der Waals surface area contributed by atoms with Crippen molar-refractivity contribution in [3.63, 3.8) is 0 Å². The van der Waals surface area contributed by atoms with Gasteiger partial charge in [0, 0.05) is 11.3 Å². The van der Waals surface area contributed by atoms with Crippen LogP contribution >= 0.6 is 0 Å². The summed E-state index contributed by atoms with van der Waals surface area (Å²) in [6.45, 7) is 5.95. The van der Waals surface area contributed by atoms with Gasteiger partial charge in [-0.05, 0) is 56.7 Å². The number of pyridine rings is 1. The highest BCUT2D eigenvalue weighted by molar-refractivity contribution is 5.60. The number of aryl methyl sites for hydroxylation is 1. The van der Waals surface area contributed by atoms with Gasteiger partial charge < -0.3 is 4.74 Å². The lowest BCUT2D eigenvalue weighted by molar-refractivity contribution is 0.242. The molecule has 0 atom stereocenters. The van der Waals surface area contributed by atoms with Crippen LogP contribution in [0.3, 0.4) is 0 Å². The number of benzene rings is 1. The molecule has 1 heterocycles. The molecule has 0 spiro atoms. The summed E-state index contributed by atoms with van der Waals surface area (Å²) in [5.41, 5.74) is 3.86. The van der Waals surface area contributed by atoms with E-state index in [-0.39, 0.29) is 6.10 Å². The highest BCUT2D eigenvalue weighted by atomic mass is 16.5. The number of ether oxygens (including phenoxy) is 1. The smallest absolute Gasteiger partial charge is 0.119 e. The summed E-state index contributed by atoms with van der Waals surface area (Å²) in [6, 6.07) is 14.0. The fraction of sp³-hybridized carbons (Fsp3) is 0.294. The Morgan fingerprint density at radius 3 is 2.40 bits per heavy atom. The minimum absolute atomic E-state index is 0.173. The van der Waals surface area contributed by atoms with Crippen molar-refractivity contribution >= 4 is 0 Å². The number of hydrogen-bond donors (Lipinski definition) is 0. The summed E-state index contributed by atoms with van der Waals surface area (Å²) in [7, 11) is 0. The van der Waals surface area contributed by atoms with E-state index in [0.717, 1.165) is 28.3 Å². The third-order valence-electron chi connectivity index (χ3n) is 2.99. The Kier molecular flexibility index (Phi) is 4.37. The fourth-order valence-corrected chi connectivity index (χ4v) is 2.00. The monoisotopic (exact) mass is 266 g/mol. The molecule has 1 aromatic heterocycles. The van der Waals surface area contributed by atoms with Gasteiger partial charge in [-0.25, -0.2) is 0 Å². The van der Waals surface area contributed by atoms with Gasteiger partial charge >= 0.3 is 0 Å². The maximum Gasteiger partial charge on any atom is 0.119 e. The number of rotatable bonds is 4. The van der Waals surface area contributed by atoms with Crippen molar-refractivity contribution in [3.8, 4) is 23.1 Å². The topological polar surface area (TPSA) is 45.9 Å². The summed E-state index contributed by atoms with van der Waals surface area (Å²) in [4.78, 5) is 4.56. The van der Waals surface area contributed by atoms with Crippen molar-refractivity contribution in [1.82, 2.24) is 4.98 Å². The van der Waals surface area contributed by atoms with Crippen LogP contribution in [-0.2, 0) is 6.42 Å². The molecule has 20 heavy (non-hydrogen) atoms. The van der Waals surface area contributed by atoms with Crippen LogP contribution in [0.4, 0.5) is 0 Å². The van der Waals surface area contributed by atoms with Crippen LogP contribution in [0.25, 0.3) is 11.3 Å². The molecule has 0 saturated heterocycles. The molecule has 102 valence electrons. The van der Waals surface area contributed by atoms with Crippen LogP contribution in [0.15, 0.2) is 36.4 Å². The average Bonchev–Trinajstić information content (AvgIpc) is 2.41. The van der Waals surface area contributed by atoms with Crippen molar-refractivity contribution in [2.45, 2.75) is 33.3 Å². The van der Waals surface area contributed by atoms with Crippen LogP contribution in [0.2, 0.25) is 0 Å². The van der Waals surface area contributed by atoms with Gasteiger partial charge in [-0.1, -0.05) is 6.07 Å². The van der Waals surface area contributed by atoms with E-state index in [9.17, 15) is 0 Å². The molecule has 0 radical (unpaired) electrons. The lowest BCUT2D eigenvalue weighted by Gasteiger charge is -2.10. The van der Waals surface area contributed by atoms with Gasteiger partial charge in [-0.2, -0.15) is 5.26 Å². The number of aromatic nitrogens is 1. The second-order valence-corrected chi connectivity index (χ2v) is 4.97. The molecule has 0 aliphatic rings. The van der Waals surface area contributed by atoms with E-state index < -0.39 is 0 Å². The van der Waals surface area contributed by atoms with Crippen LogP contribution in [0.5, 0.6) is 5.75 Å². The van der Waals surface area contributed by atoms with Crippen LogP contribution in [0.1, 0.15) is 25.1 Å². The minimum Gasteiger partial charge on any atom is -0.491 e. The molecule has 3 nitrogen and oxygen atoms in total. The normalized spacial score (nSPS) is 10.3. The van der Waals surface area contributed by atoms with E-state index in [0.29, 0.717) is 6.42 Å². The zero-order chi connectivity index (χ0) is 14.5. The molecule has 0 unspecified atom stereocenters. The summed E-state index contributed by atoms with van der Waals surface area (Å²) in [5.74, 6) is 0.863. The van der Waals surface area contributed by atoms with Gasteiger partial charge in [-0.3, -0.25) is 4.98 Å². The average molecular weight is 266 g/mol. The molecule has 0 amide bonds. The second kappa shape index (κ2) is 6.21. The first-order chi connectivity index (χ1) is 9.60. The highest BCUT2D eigenvalue weighted by Gasteiger charge is 2.05. The largest absolute Gasteiger partial charge is 0.491 e. The van der Waals surface area contributed by atoms with Crippen LogP contribution in [-0.4, -0.2) is 11.1 Å². The molecule has 0 aliphatic carbocycles. The Balaban J connectivity index is 2.24. The Bertz CT molecular complexity index is 624. The first-order valence-corrected chi connectivity index (χ1v) is 6.70. The predicted molar refractivity (Wildman–Crippen MR) is 79.5 cm³/mol. The molecule has 0 fully saturated rings. The minimum atomic E-state index is 0.173. The molecule has 0 saturated carbocycles. The van der Waals surface area contributed by atoms with E-state index >= 15 is 0 Å². The lowest BCUT2D eigenvalue weighted by Crippen LogP contribution is -2.05. The first-order valence-electron chi connectivity index (χ1n) is 6.70. The Hall–Kier alpha value is -2.34. The Labute approximate surface area is 119 Å². The standard InChI is InChI=1S/C17H18N2O/c1-12(2)20-16-7-4-15(5-8-16)17-9-6-14(10-11-18)13(3)19-17/h4-9,12H,10H2,1-3H3. The second-order valence-electron chi connectivity index (χ2n) is 4.97. The lowest BCUT2D eigenvalue weighted by atomic mass is 10.1. The summed E-state index contributed by atoms with van der Waals surface area (Å²) in [6.07, 6.45) is 0.576. The highest BCUT2D eigenvalue weighted by Crippen LogP contribution is 2.22. The molecule has 0 bridgehead atoms. The van der Waals surface area contributed by atoms with E-state index in [1.807, 2.05) is 57.2 Å². The van der Waals surface area contributed by atoms with E-state index in [1.165, 1.54) is 0 Å². The van der Waals surface area contributed by atoms with Gasteiger partial charge in [0.25, 0.3) is 0 Å². The van der Waals surface area contributed by atoms with Crippen molar-refractivity contribution in [2.24, 2.45) is 0 Å². The zero-order valence-electron chi connectivity index (χ0n) is 12.1. The maximum atomic E-state index is 8.74. The predicted octanol–water partition coefficient (Wildman–Crippen LogP) is 3.91. The molecule has 3 heteroatoms. The number of nitrogens with zero attached hydrogens (tertiary/aromatic N) is 2. The summed E-state index contributed by atoms with van der Waals surface area (Å²) >= 11 is 0. The third-order valence-corrected chi connectivity index (χ3v) is 2.99. The molecule has 0 aliphatic heterocycles. The molecular formula is C17H18N2O. The van der Waals surface area contributed by atoms with Crippen molar-refractivity contribution < 1.29 is 4.74 Å². The van der Waals surface area contributed by atoms with Crippen molar-refractivity contribution in [1.29, 1.82) is 5.26 Å². The molecular weight excluding hydrogens is 248 g/mol. The van der Waals surface area contributed by atoms with E-state index in [1.54, 1.807) is 0 Å². The van der Waals surface area contributed by atoms with Gasteiger partial charge in [0.1, 0.15) is 5.75 Å². The zero-order valence-corrected chi connectivity index (χ0v) is 12.1. The number of nitriles is 1. The fourth-order valence-electron chi connectivity index (χ4n) is 2.00. The maximum absolute atomic E-state index is 8.74. The summed E-state index contributed by atoms with van der Waals surface area (Å²) in [5, 5.41) is 8.74. The van der Waals surface area contributed by atoms with E-state index in [4.69, 9.17) is 10.00 Å². The van der Waals surface area contributed by atoms with Gasteiger partial charge in [0.2, 0.25) is 0 Å². The van der Waals surface area contributed by atoms with Crippen molar-refractivity contribution in [2.75, 3.05) is 0 Å². The van der Waals surface area contributed by atoms with Gasteiger partial charge in [0.05, 0.1) is 24.3 Å². The van der Waals surface area contributed by atoms with Gasteiger partial charge in [-0.15, -0.1) is 0 Å². The molecule has 2 aromatic rings. The Morgan fingerprint density at radius 1 is 1.15 bits per heavy atom. The van der Waals surface area contributed by atoms with Crippen LogP contribution < -0.4 is 4.74 Å². The molecule has 2 rings (SSSR count). The SMILES string of the molecule is Cc1nc(-c2ccc(OC(C)C)cc2)ccc1CC#N. The first kappa shape index (κ1) is 14.1. The van der Waals surface area contributed by atoms with Crippen LogP contribution in [0, 0.1) is 18.3 Å². The summed E-state index contributed by atoms with van der Waals surface area (Å²) < 4.78 is 5.62. The molecule has 0 N–H and O–H groups in total. The quantitative estimate of drug-likeness (QED) is 0.842. The van der Waals surface area contributed by atoms with E-state index in [2.05, 4.69) is 11.1 Å². The Morgan fingerprint density at radius 2 is 1.85 bits per heavy atom.